The molecule has 0 spiro atoms. The summed E-state index contributed by atoms with van der Waals surface area (Å²) in [6.45, 7) is 6.12. The number of hydrogen-bond donors (Lipinski definition) is 2. The van der Waals surface area contributed by atoms with Crippen LogP contribution in [-0.4, -0.2) is 30.2 Å². The standard InChI is InChI=1S/C24H23N7O/c1-24(2,3)31-21-19(20(25)26-14-27-21)22(29-31)30-17-12-8-7-9-15(17)13-18(30)23(32)28-16-10-5-4-6-11-16/h4-14H,1-3H3,(H,28,32)(H2,25,26,27). The minimum Gasteiger partial charge on any atom is -0.383 e. The number of nitrogen functional groups attached to an aromatic ring is 1. The van der Waals surface area contributed by atoms with E-state index < -0.39 is 0 Å². The van der Waals surface area contributed by atoms with E-state index in [0.717, 1.165) is 10.9 Å². The van der Waals surface area contributed by atoms with Gasteiger partial charge in [0.05, 0.1) is 11.1 Å². The minimum atomic E-state index is -0.354. The first kappa shape index (κ1) is 19.7. The van der Waals surface area contributed by atoms with Gasteiger partial charge in [-0.2, -0.15) is 5.10 Å². The molecule has 3 aromatic heterocycles. The van der Waals surface area contributed by atoms with E-state index in [0.29, 0.717) is 34.1 Å². The number of fused-ring (bicyclic) bond motifs is 2. The third-order valence-electron chi connectivity index (χ3n) is 5.30. The molecule has 2 aromatic carbocycles. The molecule has 0 aliphatic carbocycles. The zero-order valence-electron chi connectivity index (χ0n) is 18.1. The molecule has 3 N–H and O–H groups in total. The van der Waals surface area contributed by atoms with Gasteiger partial charge in [0.25, 0.3) is 5.91 Å². The average Bonchev–Trinajstić information content (AvgIpc) is 3.34. The summed E-state index contributed by atoms with van der Waals surface area (Å²) in [6, 6.07) is 19.0. The molecular weight excluding hydrogens is 402 g/mol. The van der Waals surface area contributed by atoms with E-state index in [2.05, 4.69) is 15.3 Å². The summed E-state index contributed by atoms with van der Waals surface area (Å²) in [5.41, 5.74) is 8.55. The van der Waals surface area contributed by atoms with Gasteiger partial charge in [-0.15, -0.1) is 0 Å². The van der Waals surface area contributed by atoms with Gasteiger partial charge in [0.15, 0.2) is 11.5 Å². The lowest BCUT2D eigenvalue weighted by Gasteiger charge is -2.19. The molecule has 0 bridgehead atoms. The highest BCUT2D eigenvalue weighted by atomic mass is 16.2. The van der Waals surface area contributed by atoms with Gasteiger partial charge in [-0.25, -0.2) is 14.6 Å². The number of nitrogens with two attached hydrogens (primary N) is 1. The van der Waals surface area contributed by atoms with E-state index in [1.54, 1.807) is 0 Å². The number of aromatic nitrogens is 5. The Morgan fingerprint density at radius 3 is 2.47 bits per heavy atom. The summed E-state index contributed by atoms with van der Waals surface area (Å²) >= 11 is 0. The lowest BCUT2D eigenvalue weighted by Crippen LogP contribution is -2.24. The molecule has 8 nitrogen and oxygen atoms in total. The van der Waals surface area contributed by atoms with Gasteiger partial charge < -0.3 is 11.1 Å². The number of nitrogens with zero attached hydrogens (tertiary/aromatic N) is 5. The predicted molar refractivity (Wildman–Crippen MR) is 126 cm³/mol. The first-order valence-electron chi connectivity index (χ1n) is 10.3. The highest BCUT2D eigenvalue weighted by molar-refractivity contribution is 6.08. The number of para-hydroxylation sites is 2. The maximum absolute atomic E-state index is 13.4. The van der Waals surface area contributed by atoms with Crippen LogP contribution in [0.15, 0.2) is 67.0 Å². The highest BCUT2D eigenvalue weighted by Gasteiger charge is 2.27. The fraction of sp³-hybridized carbons (Fsp3) is 0.167. The van der Waals surface area contributed by atoms with Gasteiger partial charge in [0.1, 0.15) is 23.2 Å². The van der Waals surface area contributed by atoms with Crippen LogP contribution in [0.2, 0.25) is 0 Å². The number of rotatable bonds is 3. The van der Waals surface area contributed by atoms with Crippen molar-refractivity contribution in [3.05, 3.63) is 72.7 Å². The van der Waals surface area contributed by atoms with E-state index >= 15 is 0 Å². The lowest BCUT2D eigenvalue weighted by atomic mass is 10.1. The third kappa shape index (κ3) is 3.17. The van der Waals surface area contributed by atoms with Crippen molar-refractivity contribution in [1.82, 2.24) is 24.3 Å². The van der Waals surface area contributed by atoms with E-state index in [4.69, 9.17) is 10.8 Å². The second kappa shape index (κ2) is 7.19. The van der Waals surface area contributed by atoms with Crippen LogP contribution in [0.4, 0.5) is 11.5 Å². The second-order valence-corrected chi connectivity index (χ2v) is 8.61. The van der Waals surface area contributed by atoms with E-state index in [9.17, 15) is 4.79 Å². The molecule has 0 saturated carbocycles. The Kier molecular flexibility index (Phi) is 4.44. The molecule has 0 unspecified atom stereocenters. The van der Waals surface area contributed by atoms with Crippen LogP contribution in [0, 0.1) is 0 Å². The maximum atomic E-state index is 13.4. The van der Waals surface area contributed by atoms with Gasteiger partial charge in [0, 0.05) is 11.1 Å². The van der Waals surface area contributed by atoms with Gasteiger partial charge in [0.2, 0.25) is 0 Å². The Morgan fingerprint density at radius 2 is 1.72 bits per heavy atom. The zero-order valence-corrected chi connectivity index (χ0v) is 18.1. The average molecular weight is 425 g/mol. The molecule has 1 amide bonds. The van der Waals surface area contributed by atoms with Crippen LogP contribution in [0.5, 0.6) is 0 Å². The van der Waals surface area contributed by atoms with Gasteiger partial charge >= 0.3 is 0 Å². The van der Waals surface area contributed by atoms with Gasteiger partial charge in [-0.3, -0.25) is 9.36 Å². The summed E-state index contributed by atoms with van der Waals surface area (Å²) in [4.78, 5) is 22.0. The number of hydrogen-bond acceptors (Lipinski definition) is 5. The van der Waals surface area contributed by atoms with Gasteiger partial charge in [-0.1, -0.05) is 36.4 Å². The van der Waals surface area contributed by atoms with Crippen LogP contribution in [0.1, 0.15) is 31.3 Å². The third-order valence-corrected chi connectivity index (χ3v) is 5.30. The van der Waals surface area contributed by atoms with Crippen molar-refractivity contribution in [2.24, 2.45) is 0 Å². The van der Waals surface area contributed by atoms with Crippen molar-refractivity contribution in [2.75, 3.05) is 11.1 Å². The lowest BCUT2D eigenvalue weighted by molar-refractivity contribution is 0.102. The van der Waals surface area contributed by atoms with Crippen LogP contribution in [0.3, 0.4) is 0 Å². The molecule has 5 rings (SSSR count). The Morgan fingerprint density at radius 1 is 1.00 bits per heavy atom. The molecule has 3 heterocycles. The topological polar surface area (TPSA) is 104 Å². The summed E-state index contributed by atoms with van der Waals surface area (Å²) < 4.78 is 3.65. The zero-order chi connectivity index (χ0) is 22.5. The number of anilines is 2. The van der Waals surface area contributed by atoms with Crippen molar-refractivity contribution >= 4 is 39.3 Å². The molecule has 32 heavy (non-hydrogen) atoms. The quantitative estimate of drug-likeness (QED) is 0.447. The van der Waals surface area contributed by atoms with E-state index in [1.165, 1.54) is 6.33 Å². The van der Waals surface area contributed by atoms with Crippen LogP contribution >= 0.6 is 0 Å². The Balaban J connectivity index is 1.79. The summed E-state index contributed by atoms with van der Waals surface area (Å²) in [5.74, 6) is 0.585. The smallest absolute Gasteiger partial charge is 0.272 e. The van der Waals surface area contributed by atoms with Crippen LogP contribution < -0.4 is 11.1 Å². The van der Waals surface area contributed by atoms with Crippen molar-refractivity contribution in [2.45, 2.75) is 26.3 Å². The molecule has 0 aliphatic heterocycles. The Bertz CT molecular complexity index is 1460. The van der Waals surface area contributed by atoms with Gasteiger partial charge in [-0.05, 0) is 45.0 Å². The van der Waals surface area contributed by atoms with Crippen molar-refractivity contribution < 1.29 is 4.79 Å². The van der Waals surface area contributed by atoms with E-state index in [-0.39, 0.29) is 11.4 Å². The largest absolute Gasteiger partial charge is 0.383 e. The summed E-state index contributed by atoms with van der Waals surface area (Å²) in [6.07, 6.45) is 1.43. The van der Waals surface area contributed by atoms with E-state index in [1.807, 2.05) is 90.7 Å². The SMILES string of the molecule is CC(C)(C)n1nc(-n2c(C(=O)Nc3ccccc3)cc3ccccc32)c2c(N)ncnc21. The molecular formula is C24H23N7O. The second-order valence-electron chi connectivity index (χ2n) is 8.61. The normalized spacial score (nSPS) is 11.8. The van der Waals surface area contributed by atoms with Crippen molar-refractivity contribution in [3.63, 3.8) is 0 Å². The predicted octanol–water partition coefficient (Wildman–Crippen LogP) is 4.36. The molecule has 5 aromatic rings. The number of amides is 1. The highest BCUT2D eigenvalue weighted by Crippen LogP contribution is 2.33. The summed E-state index contributed by atoms with van der Waals surface area (Å²) in [7, 11) is 0. The fourth-order valence-corrected chi connectivity index (χ4v) is 3.85. The molecule has 0 fully saturated rings. The molecule has 160 valence electrons. The number of carbonyl (C=O) groups excluding carboxylic acids is 1. The number of benzene rings is 2. The maximum Gasteiger partial charge on any atom is 0.272 e. The minimum absolute atomic E-state index is 0.249. The summed E-state index contributed by atoms with van der Waals surface area (Å²) in [5, 5.41) is 9.38. The number of nitrogens with one attached hydrogen (secondary N) is 1. The van der Waals surface area contributed by atoms with Crippen LogP contribution in [0.25, 0.3) is 27.8 Å². The molecule has 0 saturated heterocycles. The number of carbonyl (C=O) groups is 1. The van der Waals surface area contributed by atoms with Crippen LogP contribution in [-0.2, 0) is 5.54 Å². The Labute approximate surface area is 184 Å². The first-order valence-corrected chi connectivity index (χ1v) is 10.3. The molecule has 8 heteroatoms. The molecule has 0 aliphatic rings. The van der Waals surface area contributed by atoms with Crippen molar-refractivity contribution in [3.8, 4) is 5.82 Å². The molecule has 0 radical (unpaired) electrons. The first-order chi connectivity index (χ1) is 15.3. The molecule has 0 atom stereocenters. The van der Waals surface area contributed by atoms with Crippen molar-refractivity contribution in [1.29, 1.82) is 0 Å². The monoisotopic (exact) mass is 425 g/mol. The fourth-order valence-electron chi connectivity index (χ4n) is 3.85. The Hall–Kier alpha value is -4.20.